The molecule has 0 aliphatic heterocycles. The third-order valence-corrected chi connectivity index (χ3v) is 4.62. The molecule has 0 unspecified atom stereocenters. The van der Waals surface area contributed by atoms with Gasteiger partial charge in [0, 0.05) is 11.8 Å². The van der Waals surface area contributed by atoms with Crippen molar-refractivity contribution in [3.8, 4) is 11.1 Å². The standard InChI is InChI=1S/C19H12BrF4NO/c20-17-16(13-4-2-5-14(10-13)19(22,23)24)7-8-25(18(17)26)11-12-3-1-6-15(21)9-12/h1-10H,11H2. The van der Waals surface area contributed by atoms with Gasteiger partial charge in [0.2, 0.25) is 0 Å². The predicted molar refractivity (Wildman–Crippen MR) is 94.3 cm³/mol. The summed E-state index contributed by atoms with van der Waals surface area (Å²) in [5, 5.41) is 0. The number of hydrogen-bond donors (Lipinski definition) is 0. The maximum atomic E-state index is 13.3. The zero-order valence-electron chi connectivity index (χ0n) is 13.2. The Morgan fingerprint density at radius 1 is 1.00 bits per heavy atom. The van der Waals surface area contributed by atoms with E-state index in [1.165, 1.54) is 35.0 Å². The molecule has 3 aromatic rings. The molecular weight excluding hydrogens is 414 g/mol. The van der Waals surface area contributed by atoms with Crippen LogP contribution < -0.4 is 5.56 Å². The van der Waals surface area contributed by atoms with Crippen molar-refractivity contribution in [2.45, 2.75) is 12.7 Å². The summed E-state index contributed by atoms with van der Waals surface area (Å²) in [6.45, 7) is 0.151. The van der Waals surface area contributed by atoms with Gasteiger partial charge in [-0.15, -0.1) is 0 Å². The average Bonchev–Trinajstić information content (AvgIpc) is 2.59. The second kappa shape index (κ2) is 7.07. The Morgan fingerprint density at radius 2 is 1.73 bits per heavy atom. The fourth-order valence-electron chi connectivity index (χ4n) is 2.59. The molecule has 2 aromatic carbocycles. The zero-order chi connectivity index (χ0) is 18.9. The maximum Gasteiger partial charge on any atom is 0.416 e. The summed E-state index contributed by atoms with van der Waals surface area (Å²) >= 11 is 3.18. The van der Waals surface area contributed by atoms with Crippen molar-refractivity contribution in [1.82, 2.24) is 4.57 Å². The summed E-state index contributed by atoms with van der Waals surface area (Å²) in [6.07, 6.45) is -2.98. The first kappa shape index (κ1) is 18.4. The largest absolute Gasteiger partial charge is 0.416 e. The van der Waals surface area contributed by atoms with Gasteiger partial charge in [-0.05, 0) is 57.4 Å². The summed E-state index contributed by atoms with van der Waals surface area (Å²) in [7, 11) is 0. The van der Waals surface area contributed by atoms with Crippen molar-refractivity contribution >= 4 is 15.9 Å². The highest BCUT2D eigenvalue weighted by Crippen LogP contribution is 2.33. The van der Waals surface area contributed by atoms with E-state index in [-0.39, 0.29) is 16.6 Å². The highest BCUT2D eigenvalue weighted by molar-refractivity contribution is 9.10. The number of nitrogens with zero attached hydrogens (tertiary/aromatic N) is 1. The van der Waals surface area contributed by atoms with Crippen molar-refractivity contribution in [3.63, 3.8) is 0 Å². The van der Waals surface area contributed by atoms with Gasteiger partial charge in [0.25, 0.3) is 5.56 Å². The van der Waals surface area contributed by atoms with Gasteiger partial charge in [-0.25, -0.2) is 4.39 Å². The molecule has 0 fully saturated rings. The van der Waals surface area contributed by atoms with Crippen LogP contribution in [-0.4, -0.2) is 4.57 Å². The van der Waals surface area contributed by atoms with Crippen LogP contribution in [0, 0.1) is 5.82 Å². The van der Waals surface area contributed by atoms with Gasteiger partial charge in [-0.1, -0.05) is 24.3 Å². The smallest absolute Gasteiger partial charge is 0.310 e. The summed E-state index contributed by atoms with van der Waals surface area (Å²) in [5.41, 5.74) is 0.0409. The van der Waals surface area contributed by atoms with Crippen LogP contribution >= 0.6 is 15.9 Å². The molecule has 2 nitrogen and oxygen atoms in total. The summed E-state index contributed by atoms with van der Waals surface area (Å²) in [4.78, 5) is 12.5. The van der Waals surface area contributed by atoms with E-state index in [9.17, 15) is 22.4 Å². The number of pyridine rings is 1. The number of halogens is 5. The lowest BCUT2D eigenvalue weighted by Gasteiger charge is -2.12. The van der Waals surface area contributed by atoms with E-state index in [1.54, 1.807) is 18.2 Å². The minimum Gasteiger partial charge on any atom is -0.310 e. The van der Waals surface area contributed by atoms with Crippen molar-refractivity contribution < 1.29 is 17.6 Å². The first-order valence-electron chi connectivity index (χ1n) is 7.57. The summed E-state index contributed by atoms with van der Waals surface area (Å²) in [5.74, 6) is -0.407. The van der Waals surface area contributed by atoms with Gasteiger partial charge in [0.15, 0.2) is 0 Å². The fourth-order valence-corrected chi connectivity index (χ4v) is 3.18. The highest BCUT2D eigenvalue weighted by Gasteiger charge is 2.30. The summed E-state index contributed by atoms with van der Waals surface area (Å²) in [6, 6.07) is 12.2. The van der Waals surface area contributed by atoms with Crippen LogP contribution in [0.2, 0.25) is 0 Å². The molecule has 7 heteroatoms. The van der Waals surface area contributed by atoms with Gasteiger partial charge >= 0.3 is 6.18 Å². The van der Waals surface area contributed by atoms with E-state index < -0.39 is 23.1 Å². The van der Waals surface area contributed by atoms with E-state index >= 15 is 0 Å². The van der Waals surface area contributed by atoms with E-state index in [0.29, 0.717) is 11.1 Å². The van der Waals surface area contributed by atoms with Gasteiger partial charge in [0.05, 0.1) is 16.6 Å². The Kier molecular flexibility index (Phi) is 5.00. The molecular formula is C19H12BrF4NO. The molecule has 1 heterocycles. The van der Waals surface area contributed by atoms with Crippen LogP contribution in [-0.2, 0) is 12.7 Å². The van der Waals surface area contributed by atoms with Gasteiger partial charge < -0.3 is 4.57 Å². The van der Waals surface area contributed by atoms with E-state index in [1.807, 2.05) is 0 Å². The van der Waals surface area contributed by atoms with Crippen LogP contribution in [0.3, 0.4) is 0 Å². The SMILES string of the molecule is O=c1c(Br)c(-c2cccc(C(F)(F)F)c2)ccn1Cc1cccc(F)c1. The number of benzene rings is 2. The molecule has 0 bridgehead atoms. The Hall–Kier alpha value is -2.41. The van der Waals surface area contributed by atoms with Crippen LogP contribution in [0.15, 0.2) is 70.1 Å². The number of aromatic nitrogens is 1. The Morgan fingerprint density at radius 3 is 2.42 bits per heavy atom. The molecule has 0 spiro atoms. The molecule has 1 aromatic heterocycles. The fraction of sp³-hybridized carbons (Fsp3) is 0.105. The first-order chi connectivity index (χ1) is 12.3. The van der Waals surface area contributed by atoms with Crippen molar-refractivity contribution in [3.05, 3.63) is 92.6 Å². The molecule has 0 amide bonds. The quantitative estimate of drug-likeness (QED) is 0.509. The summed E-state index contributed by atoms with van der Waals surface area (Å²) < 4.78 is 53.5. The zero-order valence-corrected chi connectivity index (χ0v) is 14.8. The number of rotatable bonds is 3. The Labute approximate surface area is 154 Å². The van der Waals surface area contributed by atoms with Gasteiger partial charge in [-0.3, -0.25) is 4.79 Å². The monoisotopic (exact) mass is 425 g/mol. The van der Waals surface area contributed by atoms with Gasteiger partial charge in [0.1, 0.15) is 5.82 Å². The molecule has 0 atom stereocenters. The number of alkyl halides is 3. The van der Waals surface area contributed by atoms with Crippen molar-refractivity contribution in [2.75, 3.05) is 0 Å². The Bertz CT molecular complexity index is 1010. The molecule has 0 aliphatic carbocycles. The van der Waals surface area contributed by atoms with Crippen molar-refractivity contribution in [1.29, 1.82) is 0 Å². The second-order valence-corrected chi connectivity index (χ2v) is 6.48. The minimum atomic E-state index is -4.46. The van der Waals surface area contributed by atoms with Crippen LogP contribution in [0.4, 0.5) is 17.6 Å². The first-order valence-corrected chi connectivity index (χ1v) is 8.36. The number of hydrogen-bond acceptors (Lipinski definition) is 1. The molecule has 0 saturated carbocycles. The van der Waals surface area contributed by atoms with E-state index in [0.717, 1.165) is 12.1 Å². The maximum absolute atomic E-state index is 13.3. The topological polar surface area (TPSA) is 22.0 Å². The molecule has 134 valence electrons. The van der Waals surface area contributed by atoms with Crippen molar-refractivity contribution in [2.24, 2.45) is 0 Å². The molecule has 0 radical (unpaired) electrons. The lowest BCUT2D eigenvalue weighted by molar-refractivity contribution is -0.137. The second-order valence-electron chi connectivity index (χ2n) is 5.68. The molecule has 0 aliphatic rings. The minimum absolute atomic E-state index is 0.149. The molecule has 26 heavy (non-hydrogen) atoms. The third kappa shape index (κ3) is 3.88. The highest BCUT2D eigenvalue weighted by atomic mass is 79.9. The molecule has 3 rings (SSSR count). The third-order valence-electron chi connectivity index (χ3n) is 3.85. The van der Waals surface area contributed by atoms with Crippen LogP contribution in [0.25, 0.3) is 11.1 Å². The predicted octanol–water partition coefficient (Wildman–Crippen LogP) is 5.48. The normalized spacial score (nSPS) is 11.6. The molecule has 0 saturated heterocycles. The lowest BCUT2D eigenvalue weighted by atomic mass is 10.0. The van der Waals surface area contributed by atoms with E-state index in [4.69, 9.17) is 0 Å². The lowest BCUT2D eigenvalue weighted by Crippen LogP contribution is -2.21. The van der Waals surface area contributed by atoms with Crippen LogP contribution in [0.1, 0.15) is 11.1 Å². The molecule has 0 N–H and O–H groups in total. The average molecular weight is 426 g/mol. The van der Waals surface area contributed by atoms with Gasteiger partial charge in [-0.2, -0.15) is 13.2 Å². The Balaban J connectivity index is 1.99. The van der Waals surface area contributed by atoms with Crippen LogP contribution in [0.5, 0.6) is 0 Å². The van der Waals surface area contributed by atoms with E-state index in [2.05, 4.69) is 15.9 Å².